The Morgan fingerprint density at radius 2 is 2.15 bits per heavy atom. The van der Waals surface area contributed by atoms with Crippen molar-refractivity contribution in [3.8, 4) is 5.75 Å². The molecule has 1 aromatic rings. The van der Waals surface area contributed by atoms with Crippen LogP contribution in [0.1, 0.15) is 12.5 Å². The summed E-state index contributed by atoms with van der Waals surface area (Å²) in [6, 6.07) is 7.25. The number of nitrogens with zero attached hydrogens (tertiary/aromatic N) is 1. The molecular formula is C13H22N2O4S. The molecule has 0 heterocycles. The molecule has 20 heavy (non-hydrogen) atoms. The Bertz CT molecular complexity index is 519. The quantitative estimate of drug-likeness (QED) is 0.736. The first-order valence-corrected chi connectivity index (χ1v) is 7.77. The second-order valence-electron chi connectivity index (χ2n) is 4.75. The van der Waals surface area contributed by atoms with E-state index >= 15 is 0 Å². The molecule has 1 unspecified atom stereocenters. The largest absolute Gasteiger partial charge is 0.497 e. The van der Waals surface area contributed by atoms with E-state index in [-0.39, 0.29) is 25.6 Å². The molecule has 6 nitrogen and oxygen atoms in total. The van der Waals surface area contributed by atoms with Crippen LogP contribution in [-0.4, -0.2) is 45.1 Å². The van der Waals surface area contributed by atoms with Crippen LogP contribution in [0.15, 0.2) is 24.3 Å². The molecule has 0 spiro atoms. The predicted molar refractivity (Wildman–Crippen MR) is 77.6 cm³/mol. The zero-order valence-electron chi connectivity index (χ0n) is 12.0. The standard InChI is InChI=1S/C13H22N2O4S/c1-11(10-16)8-14-20(17,18)15(2)9-12-5-4-6-13(7-12)19-3/h4-7,11,14,16H,8-10H2,1-3H3. The van der Waals surface area contributed by atoms with Crippen LogP contribution in [0.2, 0.25) is 0 Å². The fourth-order valence-corrected chi connectivity index (χ4v) is 2.57. The Hall–Kier alpha value is -1.15. The van der Waals surface area contributed by atoms with Crippen molar-refractivity contribution in [2.75, 3.05) is 27.3 Å². The molecule has 0 aromatic heterocycles. The average Bonchev–Trinajstić information content (AvgIpc) is 2.44. The molecule has 2 N–H and O–H groups in total. The van der Waals surface area contributed by atoms with Gasteiger partial charge in [0.2, 0.25) is 0 Å². The van der Waals surface area contributed by atoms with E-state index in [9.17, 15) is 8.42 Å². The maximum Gasteiger partial charge on any atom is 0.279 e. The van der Waals surface area contributed by atoms with Crippen molar-refractivity contribution in [1.29, 1.82) is 0 Å². The van der Waals surface area contributed by atoms with Gasteiger partial charge in [-0.15, -0.1) is 0 Å². The summed E-state index contributed by atoms with van der Waals surface area (Å²) < 4.78 is 32.8. The van der Waals surface area contributed by atoms with Gasteiger partial charge in [0, 0.05) is 26.7 Å². The third-order valence-electron chi connectivity index (χ3n) is 2.88. The molecule has 1 rings (SSSR count). The van der Waals surface area contributed by atoms with E-state index in [0.29, 0.717) is 5.75 Å². The molecule has 0 amide bonds. The summed E-state index contributed by atoms with van der Waals surface area (Å²) in [5.74, 6) is 0.574. The van der Waals surface area contributed by atoms with Gasteiger partial charge in [-0.3, -0.25) is 0 Å². The van der Waals surface area contributed by atoms with Crippen molar-refractivity contribution in [2.45, 2.75) is 13.5 Å². The molecule has 0 fully saturated rings. The van der Waals surface area contributed by atoms with Crippen LogP contribution in [0.5, 0.6) is 5.75 Å². The minimum Gasteiger partial charge on any atom is -0.497 e. The average molecular weight is 302 g/mol. The lowest BCUT2D eigenvalue weighted by Gasteiger charge is -2.19. The third kappa shape index (κ3) is 5.09. The second-order valence-corrected chi connectivity index (χ2v) is 6.61. The molecule has 0 saturated heterocycles. The Morgan fingerprint density at radius 1 is 1.45 bits per heavy atom. The van der Waals surface area contributed by atoms with Crippen LogP contribution in [0.4, 0.5) is 0 Å². The molecule has 7 heteroatoms. The maximum atomic E-state index is 12.0. The molecule has 1 aromatic carbocycles. The Balaban J connectivity index is 2.66. The maximum absolute atomic E-state index is 12.0. The van der Waals surface area contributed by atoms with E-state index in [4.69, 9.17) is 9.84 Å². The summed E-state index contributed by atoms with van der Waals surface area (Å²) in [5, 5.41) is 8.90. The van der Waals surface area contributed by atoms with Gasteiger partial charge >= 0.3 is 0 Å². The molecule has 0 saturated carbocycles. The normalized spacial score (nSPS) is 13.4. The first-order valence-electron chi connectivity index (χ1n) is 6.33. The SMILES string of the molecule is COc1cccc(CN(C)S(=O)(=O)NCC(C)CO)c1. The minimum atomic E-state index is -3.55. The molecule has 0 aliphatic heterocycles. The highest BCUT2D eigenvalue weighted by atomic mass is 32.2. The highest BCUT2D eigenvalue weighted by molar-refractivity contribution is 7.87. The zero-order chi connectivity index (χ0) is 15.2. The monoisotopic (exact) mass is 302 g/mol. The molecule has 1 atom stereocenters. The number of aliphatic hydroxyl groups excluding tert-OH is 1. The van der Waals surface area contributed by atoms with Crippen LogP contribution in [-0.2, 0) is 16.8 Å². The number of rotatable bonds is 8. The van der Waals surface area contributed by atoms with Gasteiger partial charge in [-0.1, -0.05) is 19.1 Å². The smallest absolute Gasteiger partial charge is 0.279 e. The number of hydrogen-bond donors (Lipinski definition) is 2. The van der Waals surface area contributed by atoms with Gasteiger partial charge in [0.15, 0.2) is 0 Å². The van der Waals surface area contributed by atoms with E-state index in [1.54, 1.807) is 26.2 Å². The van der Waals surface area contributed by atoms with E-state index in [1.165, 1.54) is 11.4 Å². The van der Waals surface area contributed by atoms with Crippen LogP contribution >= 0.6 is 0 Å². The number of aliphatic hydroxyl groups is 1. The lowest BCUT2D eigenvalue weighted by Crippen LogP contribution is -2.40. The van der Waals surface area contributed by atoms with Crippen molar-refractivity contribution in [3.05, 3.63) is 29.8 Å². The van der Waals surface area contributed by atoms with Gasteiger partial charge in [0.1, 0.15) is 5.75 Å². The van der Waals surface area contributed by atoms with Gasteiger partial charge in [0.25, 0.3) is 10.2 Å². The lowest BCUT2D eigenvalue weighted by molar-refractivity contribution is 0.238. The van der Waals surface area contributed by atoms with Gasteiger partial charge in [-0.2, -0.15) is 12.7 Å². The summed E-state index contributed by atoms with van der Waals surface area (Å²) >= 11 is 0. The van der Waals surface area contributed by atoms with Crippen molar-refractivity contribution in [3.63, 3.8) is 0 Å². The molecular weight excluding hydrogens is 280 g/mol. The van der Waals surface area contributed by atoms with Crippen molar-refractivity contribution < 1.29 is 18.3 Å². The third-order valence-corrected chi connectivity index (χ3v) is 4.36. The van der Waals surface area contributed by atoms with E-state index in [1.807, 2.05) is 12.1 Å². The van der Waals surface area contributed by atoms with Crippen molar-refractivity contribution in [2.24, 2.45) is 5.92 Å². The molecule has 0 radical (unpaired) electrons. The molecule has 0 bridgehead atoms. The van der Waals surface area contributed by atoms with E-state index < -0.39 is 10.2 Å². The number of ether oxygens (including phenoxy) is 1. The summed E-state index contributed by atoms with van der Waals surface area (Å²) in [4.78, 5) is 0. The first kappa shape index (κ1) is 16.9. The number of hydrogen-bond acceptors (Lipinski definition) is 4. The second kappa shape index (κ2) is 7.58. The van der Waals surface area contributed by atoms with Gasteiger partial charge in [-0.25, -0.2) is 4.72 Å². The minimum absolute atomic E-state index is 0.0535. The number of benzene rings is 1. The summed E-state index contributed by atoms with van der Waals surface area (Å²) in [5.41, 5.74) is 0.840. The predicted octanol–water partition coefficient (Wildman–Crippen LogP) is 0.590. The van der Waals surface area contributed by atoms with Crippen LogP contribution in [0.3, 0.4) is 0 Å². The highest BCUT2D eigenvalue weighted by Crippen LogP contribution is 2.14. The van der Waals surface area contributed by atoms with Crippen LogP contribution in [0.25, 0.3) is 0 Å². The topological polar surface area (TPSA) is 78.9 Å². The fraction of sp³-hybridized carbons (Fsp3) is 0.538. The zero-order valence-corrected chi connectivity index (χ0v) is 12.9. The summed E-state index contributed by atoms with van der Waals surface area (Å²) in [7, 11) is -0.480. The van der Waals surface area contributed by atoms with Gasteiger partial charge in [0.05, 0.1) is 7.11 Å². The van der Waals surface area contributed by atoms with Crippen LogP contribution in [0, 0.1) is 5.92 Å². The van der Waals surface area contributed by atoms with Gasteiger partial charge < -0.3 is 9.84 Å². The Kier molecular flexibility index (Phi) is 6.41. The number of methoxy groups -OCH3 is 1. The van der Waals surface area contributed by atoms with Gasteiger partial charge in [-0.05, 0) is 23.6 Å². The Morgan fingerprint density at radius 3 is 2.75 bits per heavy atom. The van der Waals surface area contributed by atoms with Crippen LogP contribution < -0.4 is 9.46 Å². The molecule has 0 aliphatic rings. The van der Waals surface area contributed by atoms with Crippen molar-refractivity contribution >= 4 is 10.2 Å². The van der Waals surface area contributed by atoms with E-state index in [2.05, 4.69) is 4.72 Å². The highest BCUT2D eigenvalue weighted by Gasteiger charge is 2.18. The first-order chi connectivity index (χ1) is 9.39. The van der Waals surface area contributed by atoms with E-state index in [0.717, 1.165) is 5.56 Å². The summed E-state index contributed by atoms with van der Waals surface area (Å²) in [6.07, 6.45) is 0. The Labute approximate surface area is 120 Å². The number of nitrogens with one attached hydrogen (secondary N) is 1. The lowest BCUT2D eigenvalue weighted by atomic mass is 10.2. The summed E-state index contributed by atoms with van der Waals surface area (Å²) in [6.45, 7) is 2.17. The molecule has 114 valence electrons. The fourth-order valence-electron chi connectivity index (χ4n) is 1.54. The molecule has 0 aliphatic carbocycles. The van der Waals surface area contributed by atoms with Crippen molar-refractivity contribution in [1.82, 2.24) is 9.03 Å².